The molecule has 0 fully saturated rings. The van der Waals surface area contributed by atoms with Crippen LogP contribution in [0.25, 0.3) is 0 Å². The first-order valence-corrected chi connectivity index (χ1v) is 7.65. The van der Waals surface area contributed by atoms with Gasteiger partial charge in [-0.2, -0.15) is 0 Å². The molecule has 0 radical (unpaired) electrons. The lowest BCUT2D eigenvalue weighted by molar-refractivity contribution is -0.116. The van der Waals surface area contributed by atoms with E-state index in [-0.39, 0.29) is 18.0 Å². The molecule has 3 N–H and O–H groups in total. The summed E-state index contributed by atoms with van der Waals surface area (Å²) in [6, 6.07) is 6.74. The summed E-state index contributed by atoms with van der Waals surface area (Å²) in [4.78, 5) is 36.1. The normalized spacial score (nSPS) is 10.5. The maximum atomic E-state index is 12.4. The maximum absolute atomic E-state index is 12.4. The van der Waals surface area contributed by atoms with Crippen LogP contribution in [0.4, 0.5) is 5.69 Å². The Labute approximate surface area is 144 Å². The van der Waals surface area contributed by atoms with Gasteiger partial charge >= 0.3 is 0 Å². The van der Waals surface area contributed by atoms with Crippen LogP contribution >= 0.6 is 11.6 Å². The van der Waals surface area contributed by atoms with Crippen molar-refractivity contribution < 1.29 is 9.59 Å². The lowest BCUT2D eigenvalue weighted by atomic mass is 10.1. The van der Waals surface area contributed by atoms with Crippen LogP contribution in [0.1, 0.15) is 27.2 Å². The molecule has 2 amide bonds. The Kier molecular flexibility index (Phi) is 5.09. The predicted octanol–water partition coefficient (Wildman–Crippen LogP) is 2.16. The molecular weight excluding hydrogens is 330 g/mol. The van der Waals surface area contributed by atoms with Gasteiger partial charge in [0.1, 0.15) is 12.1 Å². The van der Waals surface area contributed by atoms with Crippen molar-refractivity contribution in [3.05, 3.63) is 62.0 Å². The second-order valence-corrected chi connectivity index (χ2v) is 6.04. The second-order valence-electron chi connectivity index (χ2n) is 5.61. The van der Waals surface area contributed by atoms with Crippen LogP contribution < -0.4 is 16.6 Å². The molecule has 7 heteroatoms. The average Bonchev–Trinajstić information content (AvgIpc) is 2.46. The molecule has 126 valence electrons. The number of nitrogens with two attached hydrogens (primary N) is 1. The molecule has 6 nitrogen and oxygen atoms in total. The Balaban J connectivity index is 2.31. The summed E-state index contributed by atoms with van der Waals surface area (Å²) in [7, 11) is 0. The topological polar surface area (TPSA) is 94.2 Å². The van der Waals surface area contributed by atoms with E-state index in [1.54, 1.807) is 38.1 Å². The zero-order valence-electron chi connectivity index (χ0n) is 13.6. The third-order valence-electron chi connectivity index (χ3n) is 3.72. The van der Waals surface area contributed by atoms with E-state index in [0.29, 0.717) is 22.0 Å². The number of primary amides is 1. The molecule has 1 aromatic heterocycles. The van der Waals surface area contributed by atoms with E-state index < -0.39 is 11.5 Å². The lowest BCUT2D eigenvalue weighted by Gasteiger charge is -2.14. The van der Waals surface area contributed by atoms with Gasteiger partial charge in [-0.3, -0.25) is 14.4 Å². The highest BCUT2D eigenvalue weighted by Crippen LogP contribution is 2.19. The first-order chi connectivity index (χ1) is 11.2. The average molecular weight is 348 g/mol. The van der Waals surface area contributed by atoms with E-state index in [1.165, 1.54) is 4.57 Å². The first-order valence-electron chi connectivity index (χ1n) is 7.27. The molecule has 1 aromatic carbocycles. The summed E-state index contributed by atoms with van der Waals surface area (Å²) >= 11 is 5.88. The highest BCUT2D eigenvalue weighted by molar-refractivity contribution is 6.30. The van der Waals surface area contributed by atoms with Crippen LogP contribution in [0.5, 0.6) is 0 Å². The van der Waals surface area contributed by atoms with Crippen molar-refractivity contribution in [2.45, 2.75) is 27.3 Å². The molecule has 0 saturated carbocycles. The predicted molar refractivity (Wildman–Crippen MR) is 93.5 cm³/mol. The minimum absolute atomic E-state index is 0.101. The number of carbonyl (C=O) groups is 2. The molecule has 2 aromatic rings. The third kappa shape index (κ3) is 3.65. The van der Waals surface area contributed by atoms with E-state index in [1.807, 2.05) is 6.92 Å². The summed E-state index contributed by atoms with van der Waals surface area (Å²) < 4.78 is 1.23. The fraction of sp³-hybridized carbons (Fsp3) is 0.235. The van der Waals surface area contributed by atoms with E-state index >= 15 is 0 Å². The zero-order valence-corrected chi connectivity index (χ0v) is 14.4. The van der Waals surface area contributed by atoms with Crippen molar-refractivity contribution in [2.24, 2.45) is 5.73 Å². The van der Waals surface area contributed by atoms with Crippen molar-refractivity contribution in [1.82, 2.24) is 4.57 Å². The van der Waals surface area contributed by atoms with Crippen molar-refractivity contribution >= 4 is 29.1 Å². The highest BCUT2D eigenvalue weighted by Gasteiger charge is 2.17. The number of amides is 2. The van der Waals surface area contributed by atoms with Crippen LogP contribution in [0.2, 0.25) is 5.02 Å². The summed E-state index contributed by atoms with van der Waals surface area (Å²) in [6.45, 7) is 4.93. The minimum Gasteiger partial charge on any atom is -0.365 e. The van der Waals surface area contributed by atoms with E-state index in [4.69, 9.17) is 17.3 Å². The SMILES string of the molecule is Cc1cc(Cl)ccc1NC(=O)Cn1c(C)cc(C)c(C(N)=O)c1=O. The molecule has 2 rings (SSSR count). The fourth-order valence-corrected chi connectivity index (χ4v) is 2.75. The number of benzene rings is 1. The summed E-state index contributed by atoms with van der Waals surface area (Å²) in [5.74, 6) is -1.19. The third-order valence-corrected chi connectivity index (χ3v) is 3.95. The number of pyridine rings is 1. The first kappa shape index (κ1) is 17.7. The molecule has 0 spiro atoms. The van der Waals surface area contributed by atoms with E-state index in [9.17, 15) is 14.4 Å². The molecule has 1 heterocycles. The zero-order chi connectivity index (χ0) is 18.0. The van der Waals surface area contributed by atoms with Crippen molar-refractivity contribution in [2.75, 3.05) is 5.32 Å². The molecular formula is C17H18ClN3O3. The van der Waals surface area contributed by atoms with E-state index in [2.05, 4.69) is 5.32 Å². The van der Waals surface area contributed by atoms with Crippen molar-refractivity contribution in [3.8, 4) is 0 Å². The largest absolute Gasteiger partial charge is 0.365 e. The Morgan fingerprint density at radius 2 is 1.83 bits per heavy atom. The van der Waals surface area contributed by atoms with Gasteiger partial charge in [-0.05, 0) is 56.2 Å². The summed E-state index contributed by atoms with van der Waals surface area (Å²) in [5.41, 5.74) is 7.08. The Bertz CT molecular complexity index is 887. The van der Waals surface area contributed by atoms with Crippen molar-refractivity contribution in [3.63, 3.8) is 0 Å². The number of nitrogens with zero attached hydrogens (tertiary/aromatic N) is 1. The van der Waals surface area contributed by atoms with Gasteiger partial charge in [-0.1, -0.05) is 11.6 Å². The van der Waals surface area contributed by atoms with Crippen LogP contribution in [0.3, 0.4) is 0 Å². The molecule has 0 atom stereocenters. The number of hydrogen-bond acceptors (Lipinski definition) is 3. The van der Waals surface area contributed by atoms with Gasteiger partial charge in [-0.15, -0.1) is 0 Å². The standard InChI is InChI=1S/C17H18ClN3O3/c1-9-7-12(18)4-5-13(9)20-14(22)8-21-11(3)6-10(2)15(16(19)23)17(21)24/h4-7H,8H2,1-3H3,(H2,19,23)(H,20,22). The number of nitrogens with one attached hydrogen (secondary N) is 1. The van der Waals surface area contributed by atoms with Gasteiger partial charge in [0, 0.05) is 16.4 Å². The molecule has 0 aliphatic carbocycles. The Morgan fingerprint density at radius 3 is 2.42 bits per heavy atom. The minimum atomic E-state index is -0.805. The van der Waals surface area contributed by atoms with Gasteiger partial charge in [0.25, 0.3) is 11.5 Å². The molecule has 0 aliphatic heterocycles. The molecule has 0 aliphatic rings. The fourth-order valence-electron chi connectivity index (χ4n) is 2.52. The van der Waals surface area contributed by atoms with Gasteiger partial charge < -0.3 is 15.6 Å². The Morgan fingerprint density at radius 1 is 1.17 bits per heavy atom. The number of aromatic nitrogens is 1. The van der Waals surface area contributed by atoms with Crippen molar-refractivity contribution in [1.29, 1.82) is 0 Å². The maximum Gasteiger partial charge on any atom is 0.264 e. The number of carbonyl (C=O) groups excluding carboxylic acids is 2. The smallest absolute Gasteiger partial charge is 0.264 e. The molecule has 0 unspecified atom stereocenters. The van der Waals surface area contributed by atoms with Gasteiger partial charge in [-0.25, -0.2) is 0 Å². The number of halogens is 1. The number of rotatable bonds is 4. The monoisotopic (exact) mass is 347 g/mol. The van der Waals surface area contributed by atoms with Gasteiger partial charge in [0.2, 0.25) is 5.91 Å². The number of anilines is 1. The molecule has 0 saturated heterocycles. The lowest BCUT2D eigenvalue weighted by Crippen LogP contribution is -2.35. The van der Waals surface area contributed by atoms with Gasteiger partial charge in [0.05, 0.1) is 0 Å². The molecule has 24 heavy (non-hydrogen) atoms. The number of aryl methyl sites for hydroxylation is 3. The van der Waals surface area contributed by atoms with Gasteiger partial charge in [0.15, 0.2) is 0 Å². The summed E-state index contributed by atoms with van der Waals surface area (Å²) in [5, 5.41) is 3.30. The van der Waals surface area contributed by atoms with Crippen LogP contribution in [-0.4, -0.2) is 16.4 Å². The molecule has 0 bridgehead atoms. The summed E-state index contributed by atoms with van der Waals surface area (Å²) in [6.07, 6.45) is 0. The quantitative estimate of drug-likeness (QED) is 0.887. The Hall–Kier alpha value is -2.60. The number of hydrogen-bond donors (Lipinski definition) is 2. The second kappa shape index (κ2) is 6.88. The van der Waals surface area contributed by atoms with Crippen LogP contribution in [0, 0.1) is 20.8 Å². The van der Waals surface area contributed by atoms with E-state index in [0.717, 1.165) is 5.56 Å². The van der Waals surface area contributed by atoms with Crippen LogP contribution in [-0.2, 0) is 11.3 Å². The van der Waals surface area contributed by atoms with Crippen LogP contribution in [0.15, 0.2) is 29.1 Å². The highest BCUT2D eigenvalue weighted by atomic mass is 35.5.